The van der Waals surface area contributed by atoms with E-state index in [-0.39, 0.29) is 18.0 Å². The van der Waals surface area contributed by atoms with Crippen LogP contribution in [-0.2, 0) is 6.42 Å². The number of anilines is 2. The highest BCUT2D eigenvalue weighted by molar-refractivity contribution is 8.26. The van der Waals surface area contributed by atoms with E-state index < -0.39 is 33.5 Å². The van der Waals surface area contributed by atoms with Crippen molar-refractivity contribution in [2.24, 2.45) is 11.7 Å². The molecule has 0 saturated carbocycles. The summed E-state index contributed by atoms with van der Waals surface area (Å²) in [7, 11) is -3.51. The zero-order valence-corrected chi connectivity index (χ0v) is 15.0. The molecule has 0 bridgehead atoms. The minimum absolute atomic E-state index is 0.163. The van der Waals surface area contributed by atoms with E-state index in [1.807, 2.05) is 6.92 Å². The van der Waals surface area contributed by atoms with E-state index in [0.29, 0.717) is 30.3 Å². The third kappa shape index (κ3) is 3.29. The largest absolute Gasteiger partial charge is 0.330 e. The molecule has 0 saturated heterocycles. The van der Waals surface area contributed by atoms with Gasteiger partial charge in [0.05, 0.1) is 16.6 Å². The molecular weight excluding hydrogens is 365 g/mol. The molecule has 2 aromatic carbocycles. The van der Waals surface area contributed by atoms with Gasteiger partial charge in [-0.2, -0.15) is 0 Å². The zero-order chi connectivity index (χ0) is 19.1. The van der Waals surface area contributed by atoms with Crippen LogP contribution in [0.25, 0.3) is 0 Å². The number of hydrogen-bond acceptors (Lipinski definition) is 4. The van der Waals surface area contributed by atoms with E-state index in [9.17, 15) is 22.3 Å². The Kier molecular flexibility index (Phi) is 5.21. The van der Waals surface area contributed by atoms with Gasteiger partial charge in [0.1, 0.15) is 11.6 Å². The minimum atomic E-state index is -3.51. The fraction of sp³-hybridized carbons (Fsp3) is 0.333. The molecular formula is C18H21F3N2O2S. The molecule has 8 heteroatoms. The van der Waals surface area contributed by atoms with Gasteiger partial charge in [-0.05, 0) is 61.2 Å². The summed E-state index contributed by atoms with van der Waals surface area (Å²) in [4.78, 5) is 0. The van der Waals surface area contributed by atoms with Gasteiger partial charge in [0.2, 0.25) is 0 Å². The Labute approximate surface area is 151 Å². The number of nitrogens with zero attached hydrogens (tertiary/aromatic N) is 1. The quantitative estimate of drug-likeness (QED) is 0.705. The number of rotatable bonds is 4. The molecule has 4 N–H and O–H groups in total. The van der Waals surface area contributed by atoms with Crippen molar-refractivity contribution in [2.45, 2.75) is 25.0 Å². The van der Waals surface area contributed by atoms with E-state index >= 15 is 0 Å². The van der Waals surface area contributed by atoms with E-state index in [2.05, 4.69) is 0 Å². The number of benzene rings is 2. The highest BCUT2D eigenvalue weighted by Crippen LogP contribution is 2.62. The molecule has 0 radical (unpaired) electrons. The average molecular weight is 386 g/mol. The first-order chi connectivity index (χ1) is 12.3. The van der Waals surface area contributed by atoms with Crippen molar-refractivity contribution in [1.29, 1.82) is 0 Å². The van der Waals surface area contributed by atoms with Crippen molar-refractivity contribution < 1.29 is 22.3 Å². The predicted molar refractivity (Wildman–Crippen MR) is 98.1 cm³/mol. The second kappa shape index (κ2) is 7.11. The van der Waals surface area contributed by atoms with Crippen molar-refractivity contribution in [3.63, 3.8) is 0 Å². The van der Waals surface area contributed by atoms with Crippen molar-refractivity contribution in [1.82, 2.24) is 0 Å². The molecule has 1 aliphatic heterocycles. The minimum Gasteiger partial charge on any atom is -0.330 e. The van der Waals surface area contributed by atoms with Gasteiger partial charge in [0.15, 0.2) is 5.82 Å². The molecule has 0 aliphatic carbocycles. The lowest BCUT2D eigenvalue weighted by molar-refractivity contribution is 0.413. The second-order valence-electron chi connectivity index (χ2n) is 6.52. The van der Waals surface area contributed by atoms with Gasteiger partial charge >= 0.3 is 0 Å². The van der Waals surface area contributed by atoms with Crippen molar-refractivity contribution >= 4 is 22.2 Å². The summed E-state index contributed by atoms with van der Waals surface area (Å²) in [5.74, 6) is -2.35. The summed E-state index contributed by atoms with van der Waals surface area (Å²) < 4.78 is 64.6. The summed E-state index contributed by atoms with van der Waals surface area (Å²) in [5, 5.41) is -0.662. The molecule has 1 aliphatic rings. The van der Waals surface area contributed by atoms with Crippen LogP contribution < -0.4 is 10.0 Å². The highest BCUT2D eigenvalue weighted by Gasteiger charge is 2.43. The number of nitrogens with two attached hydrogens (primary N) is 1. The van der Waals surface area contributed by atoms with Crippen LogP contribution in [0.1, 0.15) is 18.9 Å². The molecule has 4 nitrogen and oxygen atoms in total. The fourth-order valence-electron chi connectivity index (χ4n) is 3.41. The monoisotopic (exact) mass is 386 g/mol. The van der Waals surface area contributed by atoms with Crippen LogP contribution in [-0.4, -0.2) is 20.9 Å². The lowest BCUT2D eigenvalue weighted by Crippen LogP contribution is -2.41. The fourth-order valence-corrected chi connectivity index (χ4v) is 5.75. The van der Waals surface area contributed by atoms with E-state index in [1.165, 1.54) is 18.2 Å². The van der Waals surface area contributed by atoms with Crippen LogP contribution in [0.4, 0.5) is 24.5 Å². The molecule has 0 spiro atoms. The number of hydrogen-bond donors (Lipinski definition) is 3. The molecule has 3 rings (SSSR count). The molecule has 2 unspecified atom stereocenters. The Hall–Kier alpha value is -1.74. The number of halogens is 3. The van der Waals surface area contributed by atoms with Crippen LogP contribution in [0.3, 0.4) is 0 Å². The summed E-state index contributed by atoms with van der Waals surface area (Å²) >= 11 is 0. The van der Waals surface area contributed by atoms with Crippen molar-refractivity contribution in [3.05, 3.63) is 59.4 Å². The molecule has 0 amide bonds. The van der Waals surface area contributed by atoms with Gasteiger partial charge in [0, 0.05) is 6.07 Å². The Morgan fingerprint density at radius 1 is 1.12 bits per heavy atom. The van der Waals surface area contributed by atoms with E-state index in [4.69, 9.17) is 5.73 Å². The molecule has 2 atom stereocenters. The van der Waals surface area contributed by atoms with Gasteiger partial charge in [-0.1, -0.05) is 6.92 Å². The first-order valence-corrected chi connectivity index (χ1v) is 9.83. The first kappa shape index (κ1) is 19.0. The topological polar surface area (TPSA) is 69.7 Å². The van der Waals surface area contributed by atoms with Crippen LogP contribution in [0, 0.1) is 23.4 Å². The summed E-state index contributed by atoms with van der Waals surface area (Å²) in [6.45, 7) is 2.18. The Morgan fingerprint density at radius 3 is 2.35 bits per heavy atom. The lowest BCUT2D eigenvalue weighted by Gasteiger charge is -2.54. The summed E-state index contributed by atoms with van der Waals surface area (Å²) in [6.07, 6.45) is 0.765. The van der Waals surface area contributed by atoms with Crippen LogP contribution in [0.2, 0.25) is 0 Å². The summed E-state index contributed by atoms with van der Waals surface area (Å²) in [6, 6.07) is 6.74. The van der Waals surface area contributed by atoms with Crippen LogP contribution in [0.15, 0.2) is 36.4 Å². The molecule has 0 fully saturated rings. The van der Waals surface area contributed by atoms with Gasteiger partial charge in [-0.15, -0.1) is 10.8 Å². The van der Waals surface area contributed by atoms with Crippen molar-refractivity contribution in [3.8, 4) is 0 Å². The highest BCUT2D eigenvalue weighted by atomic mass is 32.3. The second-order valence-corrected chi connectivity index (χ2v) is 8.61. The molecule has 142 valence electrons. The summed E-state index contributed by atoms with van der Waals surface area (Å²) in [5.41, 5.74) is 6.27. The van der Waals surface area contributed by atoms with Crippen molar-refractivity contribution in [2.75, 3.05) is 10.8 Å². The van der Waals surface area contributed by atoms with Gasteiger partial charge < -0.3 is 5.73 Å². The van der Waals surface area contributed by atoms with Gasteiger partial charge in [-0.3, -0.25) is 9.11 Å². The molecule has 1 heterocycles. The molecule has 26 heavy (non-hydrogen) atoms. The average Bonchev–Trinajstić information content (AvgIpc) is 2.55. The predicted octanol–water partition coefficient (Wildman–Crippen LogP) is 4.82. The Morgan fingerprint density at radius 2 is 1.73 bits per heavy atom. The first-order valence-electron chi connectivity index (χ1n) is 8.26. The third-order valence-electron chi connectivity index (χ3n) is 4.74. The SMILES string of the molecule is CC(CCN)C1Cc2cc(F)ccc2N(c2ccc(F)cc2F)S1(O)O. The number of fused-ring (bicyclic) bond motifs is 1. The zero-order valence-electron chi connectivity index (χ0n) is 14.2. The van der Waals surface area contributed by atoms with Crippen LogP contribution in [0.5, 0.6) is 0 Å². The maximum absolute atomic E-state index is 14.4. The smallest absolute Gasteiger partial charge is 0.151 e. The third-order valence-corrected chi connectivity index (χ3v) is 7.12. The van der Waals surface area contributed by atoms with E-state index in [0.717, 1.165) is 16.4 Å². The van der Waals surface area contributed by atoms with Gasteiger partial charge in [0.25, 0.3) is 0 Å². The normalized spacial score (nSPS) is 21.2. The Balaban J connectivity index is 2.19. The molecule has 2 aromatic rings. The standard InChI is InChI=1S/C18H21F3N2O2S/c1-11(6-7-22)18-9-12-8-13(19)2-4-16(12)23(26(18,24)25)17-5-3-14(20)10-15(17)21/h2-5,8,10-11,18,24-25H,6-7,9,22H2,1H3. The molecule has 0 aromatic heterocycles. The Bertz CT molecular complexity index is 819. The van der Waals surface area contributed by atoms with Crippen LogP contribution >= 0.6 is 10.8 Å². The maximum atomic E-state index is 14.4. The lowest BCUT2D eigenvalue weighted by atomic mass is 9.96. The maximum Gasteiger partial charge on any atom is 0.151 e. The van der Waals surface area contributed by atoms with Gasteiger partial charge in [-0.25, -0.2) is 17.5 Å². The van der Waals surface area contributed by atoms with E-state index in [1.54, 1.807) is 0 Å².